The van der Waals surface area contributed by atoms with Crippen molar-refractivity contribution >= 4 is 52.8 Å². The van der Waals surface area contributed by atoms with Crippen LogP contribution in [-0.4, -0.2) is 151 Å². The van der Waals surface area contributed by atoms with Gasteiger partial charge >= 0.3 is 23.9 Å². The molecule has 4 unspecified atom stereocenters. The van der Waals surface area contributed by atoms with Gasteiger partial charge in [-0.1, -0.05) is 32.9 Å². The number of carboxylic acids is 4. The smallest absolute Gasteiger partial charge is 0.321 e. The number of hydrogen-bond acceptors (Lipinski definition) is 11. The molecule has 18 heteroatoms. The SMILES string of the molecule is C[C@H](CCC(=O)NCCNC(=S)Nc1ccc(C[C@@H](C(=O)O)N(CCN(CC(=O)O)CC(=O)O)CC(=O)O)cc1)[C@H]1CCC2C3C(O)C[C@@H]4C[C@H](O)CC[C@]4(C)C3C[C@H](O)[C@@]21C. The van der Waals surface area contributed by atoms with Gasteiger partial charge in [0.1, 0.15) is 6.04 Å². The molecule has 1 aromatic carbocycles. The van der Waals surface area contributed by atoms with Crippen molar-refractivity contribution in [2.24, 2.45) is 46.3 Å². The minimum atomic E-state index is -1.30. The van der Waals surface area contributed by atoms with Gasteiger partial charge in [0.05, 0.1) is 37.9 Å². The first-order chi connectivity index (χ1) is 29.2. The van der Waals surface area contributed by atoms with Gasteiger partial charge in [0.15, 0.2) is 5.11 Å². The summed E-state index contributed by atoms with van der Waals surface area (Å²) in [5, 5.41) is 80.9. The van der Waals surface area contributed by atoms with Gasteiger partial charge in [-0.05, 0) is 134 Å². The van der Waals surface area contributed by atoms with Crippen LogP contribution in [0.2, 0.25) is 0 Å². The molecule has 346 valence electrons. The van der Waals surface area contributed by atoms with Crippen molar-refractivity contribution in [3.63, 3.8) is 0 Å². The van der Waals surface area contributed by atoms with Crippen molar-refractivity contribution in [3.05, 3.63) is 29.8 Å². The Balaban J connectivity index is 1.04. The number of anilines is 1. The van der Waals surface area contributed by atoms with E-state index >= 15 is 0 Å². The monoisotopic (exact) mass is 889 g/mol. The lowest BCUT2D eigenvalue weighted by molar-refractivity contribution is -0.207. The van der Waals surface area contributed by atoms with E-state index in [2.05, 4.69) is 36.7 Å². The van der Waals surface area contributed by atoms with Crippen molar-refractivity contribution in [1.29, 1.82) is 0 Å². The number of nitrogens with zero attached hydrogens (tertiary/aromatic N) is 2. The lowest BCUT2D eigenvalue weighted by atomic mass is 9.43. The van der Waals surface area contributed by atoms with E-state index in [9.17, 15) is 49.5 Å². The van der Waals surface area contributed by atoms with Crippen LogP contribution in [0.15, 0.2) is 24.3 Å². The van der Waals surface area contributed by atoms with Crippen molar-refractivity contribution in [3.8, 4) is 0 Å². The van der Waals surface area contributed by atoms with E-state index in [4.69, 9.17) is 22.4 Å². The van der Waals surface area contributed by atoms with E-state index in [0.717, 1.165) is 48.3 Å². The van der Waals surface area contributed by atoms with E-state index < -0.39 is 61.8 Å². The van der Waals surface area contributed by atoms with Gasteiger partial charge < -0.3 is 51.7 Å². The normalized spacial score (nSPS) is 31.2. The van der Waals surface area contributed by atoms with Gasteiger partial charge in [-0.25, -0.2) is 0 Å². The highest BCUT2D eigenvalue weighted by molar-refractivity contribution is 7.80. The molecular weight excluding hydrogens is 823 g/mol. The second-order valence-electron chi connectivity index (χ2n) is 18.9. The molecule has 0 spiro atoms. The van der Waals surface area contributed by atoms with Crippen LogP contribution in [0.1, 0.15) is 84.1 Å². The minimum absolute atomic E-state index is 0.0211. The highest BCUT2D eigenvalue weighted by Gasteiger charge is 2.65. The average molecular weight is 890 g/mol. The van der Waals surface area contributed by atoms with Crippen LogP contribution in [-0.2, 0) is 30.4 Å². The molecule has 4 fully saturated rings. The van der Waals surface area contributed by atoms with Crippen LogP contribution < -0.4 is 16.0 Å². The van der Waals surface area contributed by atoms with Crippen LogP contribution in [0.3, 0.4) is 0 Å². The van der Waals surface area contributed by atoms with Gasteiger partial charge in [0.25, 0.3) is 0 Å². The van der Waals surface area contributed by atoms with Gasteiger partial charge in [-0.2, -0.15) is 0 Å². The number of benzene rings is 1. The second kappa shape index (κ2) is 21.2. The highest BCUT2D eigenvalue weighted by Crippen LogP contribution is 2.68. The molecule has 5 rings (SSSR count). The minimum Gasteiger partial charge on any atom is -0.480 e. The van der Waals surface area contributed by atoms with Crippen LogP contribution in [0, 0.1) is 46.3 Å². The molecule has 0 aliphatic heterocycles. The zero-order valence-corrected chi connectivity index (χ0v) is 36.9. The van der Waals surface area contributed by atoms with E-state index in [0.29, 0.717) is 48.7 Å². The molecule has 4 aliphatic carbocycles. The summed E-state index contributed by atoms with van der Waals surface area (Å²) in [6.45, 7) is 5.18. The third-order valence-corrected chi connectivity index (χ3v) is 15.5. The van der Waals surface area contributed by atoms with Gasteiger partial charge in [0, 0.05) is 38.3 Å². The molecule has 0 heterocycles. The molecule has 0 aromatic heterocycles. The fraction of sp³-hybridized carbons (Fsp3) is 0.727. The number of nitrogens with one attached hydrogen (secondary N) is 3. The lowest BCUT2D eigenvalue weighted by Gasteiger charge is -2.63. The van der Waals surface area contributed by atoms with Crippen molar-refractivity contribution in [2.45, 2.75) is 109 Å². The first kappa shape index (κ1) is 49.1. The molecule has 62 heavy (non-hydrogen) atoms. The molecule has 0 bridgehead atoms. The molecule has 1 amide bonds. The maximum absolute atomic E-state index is 12.9. The number of hydrogen-bond donors (Lipinski definition) is 10. The van der Waals surface area contributed by atoms with Crippen LogP contribution in [0.25, 0.3) is 0 Å². The molecular formula is C44H67N5O12S. The number of rotatable bonds is 21. The van der Waals surface area contributed by atoms with E-state index in [-0.39, 0.29) is 77.9 Å². The summed E-state index contributed by atoms with van der Waals surface area (Å²) in [4.78, 5) is 61.4. The summed E-state index contributed by atoms with van der Waals surface area (Å²) in [7, 11) is 0. The number of aliphatic hydroxyl groups is 3. The zero-order valence-electron chi connectivity index (χ0n) is 36.1. The summed E-state index contributed by atoms with van der Waals surface area (Å²) in [6.07, 6.45) is 5.53. The molecule has 10 N–H and O–H groups in total. The Kier molecular flexibility index (Phi) is 16.8. The van der Waals surface area contributed by atoms with Gasteiger partial charge in [-0.3, -0.25) is 33.8 Å². The van der Waals surface area contributed by atoms with Crippen LogP contribution >= 0.6 is 12.2 Å². The number of thiocarbonyl (C=S) groups is 1. The number of aliphatic hydroxyl groups excluding tert-OH is 3. The largest absolute Gasteiger partial charge is 0.480 e. The fourth-order valence-electron chi connectivity index (χ4n) is 12.0. The zero-order chi connectivity index (χ0) is 45.5. The first-order valence-corrected chi connectivity index (χ1v) is 22.4. The predicted octanol–water partition coefficient (Wildman–Crippen LogP) is 2.32. The Bertz CT molecular complexity index is 1760. The van der Waals surface area contributed by atoms with E-state index in [1.807, 2.05) is 0 Å². The summed E-state index contributed by atoms with van der Waals surface area (Å²) < 4.78 is 0. The Hall–Kier alpha value is -3.94. The Labute approximate surface area is 368 Å². The fourth-order valence-corrected chi connectivity index (χ4v) is 12.3. The summed E-state index contributed by atoms with van der Waals surface area (Å²) >= 11 is 5.43. The van der Waals surface area contributed by atoms with E-state index in [1.54, 1.807) is 24.3 Å². The molecule has 17 nitrogen and oxygen atoms in total. The van der Waals surface area contributed by atoms with Crippen LogP contribution in [0.5, 0.6) is 0 Å². The third kappa shape index (κ3) is 11.8. The first-order valence-electron chi connectivity index (χ1n) is 22.0. The standard InChI is InChI=1S/C44H67N5O12S/c1-25(30-9-10-31-40-32(21-35(52)44(30,31)3)43(2)13-12-29(50)19-27(43)20-34(40)51)4-11-36(53)45-14-15-46-42(62)47-28-7-5-26(6-8-28)18-33(41(60)61)49(24-39(58)59)17-16-48(22-37(54)55)23-38(56)57/h5-8,25,27,29-35,40,50-52H,4,9-24H2,1-3H3,(H,45,53)(H,54,55)(H,56,57)(H,58,59)(H,60,61)(H2,46,47,62)/t25-,27+,29-,30-,31?,32?,33+,34?,35+,40?,43+,44-/m1/s1. The number of carbonyl (C=O) groups is 5. The molecule has 1 aromatic rings. The quantitative estimate of drug-likeness (QED) is 0.0627. The van der Waals surface area contributed by atoms with Crippen LogP contribution in [0.4, 0.5) is 5.69 Å². The Morgan fingerprint density at radius 2 is 1.47 bits per heavy atom. The predicted molar refractivity (Wildman–Crippen MR) is 232 cm³/mol. The summed E-state index contributed by atoms with van der Waals surface area (Å²) in [5.41, 5.74) is 0.868. The van der Waals surface area contributed by atoms with Crippen molar-refractivity contribution < 1.29 is 59.7 Å². The van der Waals surface area contributed by atoms with Crippen molar-refractivity contribution in [1.82, 2.24) is 20.4 Å². The third-order valence-electron chi connectivity index (χ3n) is 15.2. The second-order valence-corrected chi connectivity index (χ2v) is 19.3. The molecule has 12 atom stereocenters. The molecule has 0 saturated heterocycles. The number of carbonyl (C=O) groups excluding carboxylic acids is 1. The number of fused-ring (bicyclic) bond motifs is 5. The molecule has 4 aliphatic rings. The Morgan fingerprint density at radius 3 is 2.10 bits per heavy atom. The number of aliphatic carboxylic acids is 4. The maximum Gasteiger partial charge on any atom is 0.321 e. The lowest BCUT2D eigenvalue weighted by Crippen LogP contribution is -2.62. The highest BCUT2D eigenvalue weighted by atomic mass is 32.1. The van der Waals surface area contributed by atoms with E-state index in [1.165, 1.54) is 0 Å². The van der Waals surface area contributed by atoms with Gasteiger partial charge in [-0.15, -0.1) is 0 Å². The molecule has 4 saturated carbocycles. The maximum atomic E-state index is 12.9. The number of carboxylic acid groups (broad SMARTS) is 4. The average Bonchev–Trinajstić information content (AvgIpc) is 3.55. The topological polar surface area (TPSA) is 270 Å². The Morgan fingerprint density at radius 1 is 0.823 bits per heavy atom. The molecule has 0 radical (unpaired) electrons. The summed E-state index contributed by atoms with van der Waals surface area (Å²) in [5.74, 6) is -3.88. The van der Waals surface area contributed by atoms with Gasteiger partial charge in [0.2, 0.25) is 5.91 Å². The summed E-state index contributed by atoms with van der Waals surface area (Å²) in [6, 6.07) is 5.40. The number of amides is 1. The van der Waals surface area contributed by atoms with Crippen molar-refractivity contribution in [2.75, 3.05) is 51.1 Å².